The Labute approximate surface area is 99.1 Å². The summed E-state index contributed by atoms with van der Waals surface area (Å²) < 4.78 is 2.38. The third kappa shape index (κ3) is 2.64. The van der Waals surface area contributed by atoms with Crippen LogP contribution >= 0.6 is 0 Å². The van der Waals surface area contributed by atoms with Crippen molar-refractivity contribution in [1.29, 1.82) is 0 Å². The molecule has 1 heterocycles. The first-order valence-electron chi connectivity index (χ1n) is 5.38. The average Bonchev–Trinajstić information content (AvgIpc) is 2.32. The lowest BCUT2D eigenvalue weighted by atomic mass is 10.3. The highest BCUT2D eigenvalue weighted by Gasteiger charge is 2.11. The van der Waals surface area contributed by atoms with Crippen LogP contribution in [0.4, 0.5) is 0 Å². The molecule has 0 aliphatic heterocycles. The van der Waals surface area contributed by atoms with Crippen molar-refractivity contribution in [2.75, 3.05) is 7.05 Å². The molecule has 0 aliphatic carbocycles. The van der Waals surface area contributed by atoms with E-state index in [2.05, 4.69) is 0 Å². The molecule has 0 fully saturated rings. The highest BCUT2D eigenvalue weighted by atomic mass is 16.2. The van der Waals surface area contributed by atoms with Crippen LogP contribution in [0.1, 0.15) is 18.9 Å². The average molecular weight is 239 g/mol. The van der Waals surface area contributed by atoms with Crippen molar-refractivity contribution in [2.24, 2.45) is 14.1 Å². The number of carbonyl (C=O) groups excluding carboxylic acids is 1. The van der Waals surface area contributed by atoms with Gasteiger partial charge in [0.05, 0.1) is 12.1 Å². The van der Waals surface area contributed by atoms with Crippen molar-refractivity contribution in [2.45, 2.75) is 19.9 Å². The number of aryl methyl sites for hydroxylation is 1. The second-order valence-corrected chi connectivity index (χ2v) is 4.02. The van der Waals surface area contributed by atoms with Gasteiger partial charge in [-0.3, -0.25) is 14.2 Å². The standard InChI is InChI=1S/C11H17N3O3/c1-5-9(15)12(2)6-8-7-13(3)11(17)14(4)10(8)16/h7H,5-6H2,1-4H3. The molecular formula is C11H17N3O3. The highest BCUT2D eigenvalue weighted by Crippen LogP contribution is 1.97. The molecule has 0 bridgehead atoms. The van der Waals surface area contributed by atoms with Crippen molar-refractivity contribution in [3.63, 3.8) is 0 Å². The fourth-order valence-corrected chi connectivity index (χ4v) is 1.61. The van der Waals surface area contributed by atoms with Crippen LogP contribution in [0.5, 0.6) is 0 Å². The Morgan fingerprint density at radius 1 is 1.35 bits per heavy atom. The van der Waals surface area contributed by atoms with E-state index >= 15 is 0 Å². The minimum atomic E-state index is -0.372. The first-order valence-corrected chi connectivity index (χ1v) is 5.38. The number of aromatic nitrogens is 2. The number of rotatable bonds is 3. The van der Waals surface area contributed by atoms with Gasteiger partial charge in [-0.2, -0.15) is 0 Å². The van der Waals surface area contributed by atoms with Crippen molar-refractivity contribution in [3.8, 4) is 0 Å². The molecule has 1 aromatic rings. The van der Waals surface area contributed by atoms with Gasteiger partial charge in [0.2, 0.25) is 5.91 Å². The Kier molecular flexibility index (Phi) is 3.88. The summed E-state index contributed by atoms with van der Waals surface area (Å²) in [6, 6.07) is 0. The van der Waals surface area contributed by atoms with Gasteiger partial charge in [0.1, 0.15) is 0 Å². The van der Waals surface area contributed by atoms with Gasteiger partial charge in [-0.05, 0) is 0 Å². The van der Waals surface area contributed by atoms with Crippen LogP contribution in [-0.4, -0.2) is 27.0 Å². The number of nitrogens with zero attached hydrogens (tertiary/aromatic N) is 3. The Bertz CT molecular complexity index is 542. The fourth-order valence-electron chi connectivity index (χ4n) is 1.61. The smallest absolute Gasteiger partial charge is 0.330 e. The van der Waals surface area contributed by atoms with Gasteiger partial charge in [0.15, 0.2) is 0 Å². The van der Waals surface area contributed by atoms with E-state index < -0.39 is 0 Å². The molecule has 94 valence electrons. The fraction of sp³-hybridized carbons (Fsp3) is 0.545. The van der Waals surface area contributed by atoms with Gasteiger partial charge in [-0.25, -0.2) is 4.79 Å². The number of carbonyl (C=O) groups is 1. The topological polar surface area (TPSA) is 64.3 Å². The first kappa shape index (κ1) is 13.2. The summed E-state index contributed by atoms with van der Waals surface area (Å²) in [7, 11) is 4.64. The molecule has 0 aromatic carbocycles. The summed E-state index contributed by atoms with van der Waals surface area (Å²) in [6.07, 6.45) is 1.87. The van der Waals surface area contributed by atoms with Gasteiger partial charge in [0.25, 0.3) is 5.56 Å². The molecule has 0 aliphatic rings. The zero-order valence-corrected chi connectivity index (χ0v) is 10.6. The van der Waals surface area contributed by atoms with Crippen LogP contribution in [0.15, 0.2) is 15.8 Å². The van der Waals surface area contributed by atoms with E-state index in [1.54, 1.807) is 21.0 Å². The SMILES string of the molecule is CCC(=O)N(C)Cc1cn(C)c(=O)n(C)c1=O. The Hall–Kier alpha value is -1.85. The van der Waals surface area contributed by atoms with Crippen LogP contribution in [-0.2, 0) is 25.4 Å². The molecule has 17 heavy (non-hydrogen) atoms. The Morgan fingerprint density at radius 2 is 1.94 bits per heavy atom. The number of amides is 1. The zero-order valence-electron chi connectivity index (χ0n) is 10.6. The molecule has 1 rings (SSSR count). The predicted molar refractivity (Wildman–Crippen MR) is 63.7 cm³/mol. The lowest BCUT2D eigenvalue weighted by Gasteiger charge is -2.16. The van der Waals surface area contributed by atoms with Crippen LogP contribution in [0.25, 0.3) is 0 Å². The summed E-state index contributed by atoms with van der Waals surface area (Å²) in [5, 5.41) is 0. The van der Waals surface area contributed by atoms with E-state index in [1.807, 2.05) is 0 Å². The summed E-state index contributed by atoms with van der Waals surface area (Å²) in [4.78, 5) is 36.1. The first-order chi connectivity index (χ1) is 7.88. The highest BCUT2D eigenvalue weighted by molar-refractivity contribution is 5.75. The molecule has 6 nitrogen and oxygen atoms in total. The van der Waals surface area contributed by atoms with Crippen LogP contribution in [0, 0.1) is 0 Å². The zero-order chi connectivity index (χ0) is 13.2. The van der Waals surface area contributed by atoms with E-state index in [0.717, 1.165) is 4.57 Å². The molecular weight excluding hydrogens is 222 g/mol. The van der Waals surface area contributed by atoms with Crippen molar-refractivity contribution in [1.82, 2.24) is 14.0 Å². The van der Waals surface area contributed by atoms with Gasteiger partial charge >= 0.3 is 5.69 Å². The molecule has 0 saturated heterocycles. The molecule has 0 saturated carbocycles. The largest absolute Gasteiger partial charge is 0.341 e. The molecule has 1 amide bonds. The van der Waals surface area contributed by atoms with Crippen molar-refractivity contribution < 1.29 is 4.79 Å². The van der Waals surface area contributed by atoms with Gasteiger partial charge in [-0.1, -0.05) is 6.92 Å². The van der Waals surface area contributed by atoms with E-state index in [9.17, 15) is 14.4 Å². The van der Waals surface area contributed by atoms with E-state index in [4.69, 9.17) is 0 Å². The molecule has 0 N–H and O–H groups in total. The van der Waals surface area contributed by atoms with Crippen LogP contribution in [0.2, 0.25) is 0 Å². The molecule has 6 heteroatoms. The van der Waals surface area contributed by atoms with Gasteiger partial charge < -0.3 is 9.47 Å². The van der Waals surface area contributed by atoms with Crippen molar-refractivity contribution in [3.05, 3.63) is 32.6 Å². The van der Waals surface area contributed by atoms with E-state index in [-0.39, 0.29) is 23.7 Å². The normalized spacial score (nSPS) is 10.4. The number of hydrogen-bond donors (Lipinski definition) is 0. The predicted octanol–water partition coefficient (Wildman–Crippen LogP) is -0.548. The van der Waals surface area contributed by atoms with Gasteiger partial charge in [-0.15, -0.1) is 0 Å². The summed E-state index contributed by atoms with van der Waals surface area (Å²) in [5.74, 6) is -0.0408. The molecule has 0 unspecified atom stereocenters. The second kappa shape index (κ2) is 4.99. The third-order valence-corrected chi connectivity index (χ3v) is 2.65. The van der Waals surface area contributed by atoms with E-state index in [1.165, 1.54) is 22.7 Å². The molecule has 1 aromatic heterocycles. The summed E-state index contributed by atoms with van der Waals surface area (Å²) in [5.41, 5.74) is -0.300. The lowest BCUT2D eigenvalue weighted by Crippen LogP contribution is -2.40. The third-order valence-electron chi connectivity index (χ3n) is 2.65. The minimum Gasteiger partial charge on any atom is -0.341 e. The Balaban J connectivity index is 3.13. The number of hydrogen-bond acceptors (Lipinski definition) is 3. The summed E-state index contributed by atoms with van der Waals surface area (Å²) in [6.45, 7) is 1.98. The second-order valence-electron chi connectivity index (χ2n) is 4.02. The van der Waals surface area contributed by atoms with Crippen molar-refractivity contribution >= 4 is 5.91 Å². The monoisotopic (exact) mass is 239 g/mol. The maximum absolute atomic E-state index is 11.8. The maximum Gasteiger partial charge on any atom is 0.330 e. The van der Waals surface area contributed by atoms with E-state index in [0.29, 0.717) is 12.0 Å². The van der Waals surface area contributed by atoms with Crippen LogP contribution in [0.3, 0.4) is 0 Å². The quantitative estimate of drug-likeness (QED) is 0.711. The summed E-state index contributed by atoms with van der Waals surface area (Å²) >= 11 is 0. The molecule has 0 spiro atoms. The Morgan fingerprint density at radius 3 is 2.47 bits per heavy atom. The molecule has 0 radical (unpaired) electrons. The molecule has 0 atom stereocenters. The van der Waals surface area contributed by atoms with Crippen LogP contribution < -0.4 is 11.2 Å². The lowest BCUT2D eigenvalue weighted by molar-refractivity contribution is -0.130. The minimum absolute atomic E-state index is 0.0408. The maximum atomic E-state index is 11.8. The van der Waals surface area contributed by atoms with Gasteiger partial charge in [0, 0.05) is 33.8 Å².